The number of allylic oxidation sites excluding steroid dienone is 1. The third kappa shape index (κ3) is 4.74. The van der Waals surface area contributed by atoms with Crippen molar-refractivity contribution >= 4 is 5.57 Å². The Kier molecular flexibility index (Phi) is 6.17. The minimum Gasteiger partial charge on any atom is -0.508 e. The van der Waals surface area contributed by atoms with Crippen LogP contribution in [0, 0.1) is 5.92 Å². The molecular weight excluding hydrogens is 386 g/mol. The summed E-state index contributed by atoms with van der Waals surface area (Å²) in [6.45, 7) is 4.14. The van der Waals surface area contributed by atoms with Crippen molar-refractivity contribution in [2.75, 3.05) is 26.2 Å². The highest BCUT2D eigenvalue weighted by Crippen LogP contribution is 2.46. The zero-order valence-electron chi connectivity index (χ0n) is 18.3. The van der Waals surface area contributed by atoms with Crippen LogP contribution < -0.4 is 9.47 Å². The number of hydrogen-bond acceptors (Lipinski definition) is 4. The van der Waals surface area contributed by atoms with E-state index in [-0.39, 0.29) is 11.9 Å². The number of nitrogens with zero attached hydrogens (tertiary/aromatic N) is 1. The first kappa shape index (κ1) is 20.4. The van der Waals surface area contributed by atoms with Crippen LogP contribution in [-0.4, -0.2) is 36.2 Å². The summed E-state index contributed by atoms with van der Waals surface area (Å²) in [4.78, 5) is 2.50. The Morgan fingerprint density at radius 2 is 1.71 bits per heavy atom. The fourth-order valence-corrected chi connectivity index (χ4v) is 5.26. The van der Waals surface area contributed by atoms with Gasteiger partial charge in [-0.05, 0) is 86.2 Å². The lowest BCUT2D eigenvalue weighted by atomic mass is 9.87. The topological polar surface area (TPSA) is 41.9 Å². The molecule has 0 amide bonds. The average molecular weight is 420 g/mol. The molecule has 31 heavy (non-hydrogen) atoms. The molecule has 0 radical (unpaired) electrons. The number of hydrogen-bond donors (Lipinski definition) is 1. The molecule has 3 aliphatic rings. The lowest BCUT2D eigenvalue weighted by molar-refractivity contribution is 0.183. The van der Waals surface area contributed by atoms with E-state index in [4.69, 9.17) is 9.47 Å². The number of fused-ring (bicyclic) bond motifs is 1. The number of benzene rings is 2. The first-order chi connectivity index (χ1) is 15.3. The molecule has 1 atom stereocenters. The van der Waals surface area contributed by atoms with Crippen LogP contribution in [0.15, 0.2) is 48.5 Å². The number of rotatable bonds is 6. The van der Waals surface area contributed by atoms with Gasteiger partial charge < -0.3 is 14.6 Å². The first-order valence-corrected chi connectivity index (χ1v) is 11.9. The van der Waals surface area contributed by atoms with Crippen LogP contribution >= 0.6 is 0 Å². The lowest BCUT2D eigenvalue weighted by Crippen LogP contribution is -2.33. The van der Waals surface area contributed by atoms with Gasteiger partial charge in [0.05, 0.1) is 0 Å². The molecule has 1 N–H and O–H groups in total. The molecule has 1 aliphatic carbocycles. The molecule has 2 heterocycles. The Hall–Kier alpha value is -2.46. The van der Waals surface area contributed by atoms with Gasteiger partial charge in [0, 0.05) is 18.2 Å². The zero-order chi connectivity index (χ0) is 21.0. The Morgan fingerprint density at radius 1 is 0.935 bits per heavy atom. The van der Waals surface area contributed by atoms with E-state index in [9.17, 15) is 5.11 Å². The molecule has 2 fully saturated rings. The van der Waals surface area contributed by atoms with E-state index in [1.165, 1.54) is 63.6 Å². The van der Waals surface area contributed by atoms with Gasteiger partial charge in [0.15, 0.2) is 0 Å². The summed E-state index contributed by atoms with van der Waals surface area (Å²) in [6.07, 6.45) is 11.2. The number of piperidine rings is 1. The first-order valence-electron chi connectivity index (χ1n) is 11.9. The molecule has 5 rings (SSSR count). The second kappa shape index (κ2) is 9.35. The zero-order valence-corrected chi connectivity index (χ0v) is 18.3. The quantitative estimate of drug-likeness (QED) is 0.627. The lowest BCUT2D eigenvalue weighted by Gasteiger charge is -2.29. The number of likely N-dealkylation sites (tertiary alicyclic amines) is 1. The minimum absolute atomic E-state index is 0.132. The van der Waals surface area contributed by atoms with Crippen LogP contribution in [0.3, 0.4) is 0 Å². The summed E-state index contributed by atoms with van der Waals surface area (Å²) < 4.78 is 12.3. The third-order valence-corrected chi connectivity index (χ3v) is 6.99. The van der Waals surface area contributed by atoms with Gasteiger partial charge >= 0.3 is 0 Å². The van der Waals surface area contributed by atoms with E-state index in [0.29, 0.717) is 5.92 Å². The number of ether oxygens (including phenoxy) is 2. The van der Waals surface area contributed by atoms with Crippen LogP contribution in [-0.2, 0) is 0 Å². The van der Waals surface area contributed by atoms with E-state index in [2.05, 4.69) is 35.2 Å². The fourth-order valence-electron chi connectivity index (χ4n) is 5.26. The van der Waals surface area contributed by atoms with Gasteiger partial charge in [0.1, 0.15) is 30.0 Å². The summed E-state index contributed by atoms with van der Waals surface area (Å²) in [6, 6.07) is 13.8. The molecule has 4 nitrogen and oxygen atoms in total. The summed E-state index contributed by atoms with van der Waals surface area (Å²) >= 11 is 0. The summed E-state index contributed by atoms with van der Waals surface area (Å²) in [5, 5.41) is 9.99. The molecule has 1 saturated heterocycles. The van der Waals surface area contributed by atoms with Crippen molar-refractivity contribution in [1.29, 1.82) is 0 Å². The molecule has 2 aliphatic heterocycles. The van der Waals surface area contributed by atoms with Crippen molar-refractivity contribution in [3.8, 4) is 17.2 Å². The van der Waals surface area contributed by atoms with Gasteiger partial charge in [-0.1, -0.05) is 31.4 Å². The van der Waals surface area contributed by atoms with Gasteiger partial charge in [0.25, 0.3) is 0 Å². The summed E-state index contributed by atoms with van der Waals surface area (Å²) in [5.41, 5.74) is 3.64. The van der Waals surface area contributed by atoms with E-state index in [1.54, 1.807) is 12.1 Å². The van der Waals surface area contributed by atoms with E-state index in [1.807, 2.05) is 6.07 Å². The standard InChI is InChI=1S/C27H33NO3/c29-22-10-13-24-25(20-6-2-3-7-20)19-26(31-27(24)18-22)21-8-11-23(12-9-21)30-17-16-28-14-4-1-5-15-28/h8-13,18-20,26,29H,1-7,14-17H2. The Balaban J connectivity index is 1.28. The van der Waals surface area contributed by atoms with Crippen molar-refractivity contribution in [1.82, 2.24) is 4.90 Å². The summed E-state index contributed by atoms with van der Waals surface area (Å²) in [5.74, 6) is 2.54. The van der Waals surface area contributed by atoms with Gasteiger partial charge in [-0.3, -0.25) is 4.90 Å². The third-order valence-electron chi connectivity index (χ3n) is 6.99. The molecule has 1 saturated carbocycles. The van der Waals surface area contributed by atoms with Crippen LogP contribution in [0.25, 0.3) is 5.57 Å². The van der Waals surface area contributed by atoms with Crippen molar-refractivity contribution in [2.45, 2.75) is 51.0 Å². The highest BCUT2D eigenvalue weighted by atomic mass is 16.5. The van der Waals surface area contributed by atoms with E-state index in [0.717, 1.165) is 35.8 Å². The van der Waals surface area contributed by atoms with Gasteiger partial charge in [-0.15, -0.1) is 0 Å². The van der Waals surface area contributed by atoms with Gasteiger partial charge in [0.2, 0.25) is 0 Å². The minimum atomic E-state index is -0.132. The largest absolute Gasteiger partial charge is 0.508 e. The Labute approximate surface area is 185 Å². The van der Waals surface area contributed by atoms with Crippen LogP contribution in [0.4, 0.5) is 0 Å². The van der Waals surface area contributed by atoms with E-state index < -0.39 is 0 Å². The second-order valence-corrected chi connectivity index (χ2v) is 9.14. The van der Waals surface area contributed by atoms with E-state index >= 15 is 0 Å². The molecule has 2 aromatic carbocycles. The monoisotopic (exact) mass is 419 g/mol. The van der Waals surface area contributed by atoms with Crippen molar-refractivity contribution in [3.63, 3.8) is 0 Å². The van der Waals surface area contributed by atoms with Crippen LogP contribution in [0.1, 0.15) is 62.2 Å². The van der Waals surface area contributed by atoms with Crippen LogP contribution in [0.2, 0.25) is 0 Å². The molecule has 164 valence electrons. The molecule has 4 heteroatoms. The van der Waals surface area contributed by atoms with Crippen molar-refractivity contribution in [2.24, 2.45) is 5.92 Å². The Bertz CT molecular complexity index is 909. The predicted octanol–water partition coefficient (Wildman–Crippen LogP) is 5.96. The normalized spacial score (nSPS) is 21.9. The number of aromatic hydroxyl groups is 1. The van der Waals surface area contributed by atoms with Gasteiger partial charge in [-0.2, -0.15) is 0 Å². The molecule has 0 aromatic heterocycles. The van der Waals surface area contributed by atoms with Crippen molar-refractivity contribution in [3.05, 3.63) is 59.7 Å². The van der Waals surface area contributed by atoms with Crippen LogP contribution in [0.5, 0.6) is 17.2 Å². The number of phenolic OH excluding ortho intramolecular Hbond substituents is 1. The highest BCUT2D eigenvalue weighted by molar-refractivity contribution is 5.75. The molecule has 0 bridgehead atoms. The molecular formula is C27H33NO3. The Morgan fingerprint density at radius 3 is 2.48 bits per heavy atom. The van der Waals surface area contributed by atoms with Gasteiger partial charge in [-0.25, -0.2) is 0 Å². The smallest absolute Gasteiger partial charge is 0.143 e. The number of phenols is 1. The average Bonchev–Trinajstić information content (AvgIpc) is 3.34. The van der Waals surface area contributed by atoms with Crippen molar-refractivity contribution < 1.29 is 14.6 Å². The second-order valence-electron chi connectivity index (χ2n) is 9.14. The maximum Gasteiger partial charge on any atom is 0.143 e. The summed E-state index contributed by atoms with van der Waals surface area (Å²) in [7, 11) is 0. The molecule has 2 aromatic rings. The highest BCUT2D eigenvalue weighted by Gasteiger charge is 2.29. The fraction of sp³-hybridized carbons (Fsp3) is 0.481. The SMILES string of the molecule is Oc1ccc2c(c1)OC(c1ccc(OCCN3CCCCC3)cc1)C=C2C1CCCC1. The maximum atomic E-state index is 9.99. The molecule has 0 spiro atoms. The maximum absolute atomic E-state index is 9.99. The predicted molar refractivity (Wildman–Crippen MR) is 124 cm³/mol. The molecule has 1 unspecified atom stereocenters.